The lowest BCUT2D eigenvalue weighted by molar-refractivity contribution is 0.426. The lowest BCUT2D eigenvalue weighted by Crippen LogP contribution is -2.40. The van der Waals surface area contributed by atoms with Crippen molar-refractivity contribution < 1.29 is 0 Å². The van der Waals surface area contributed by atoms with Gasteiger partial charge in [0.25, 0.3) is 5.56 Å². The molecule has 128 valence electrons. The van der Waals surface area contributed by atoms with Crippen LogP contribution in [-0.2, 0) is 12.0 Å². The van der Waals surface area contributed by atoms with Crippen molar-refractivity contribution in [3.63, 3.8) is 0 Å². The summed E-state index contributed by atoms with van der Waals surface area (Å²) in [6, 6.07) is 12.1. The summed E-state index contributed by atoms with van der Waals surface area (Å²) in [6.45, 7) is 10.9. The van der Waals surface area contributed by atoms with Crippen LogP contribution >= 0.6 is 0 Å². The van der Waals surface area contributed by atoms with Crippen LogP contribution in [0.3, 0.4) is 0 Å². The van der Waals surface area contributed by atoms with Crippen molar-refractivity contribution in [2.75, 3.05) is 0 Å². The Hall–Kier alpha value is -2.13. The first-order valence-corrected chi connectivity index (χ1v) is 8.33. The molecular weight excluding hydrogens is 296 g/mol. The Labute approximate surface area is 144 Å². The smallest absolute Gasteiger partial charge is 0.251 e. The highest BCUT2D eigenvalue weighted by Crippen LogP contribution is 2.22. The van der Waals surface area contributed by atoms with E-state index in [9.17, 15) is 4.79 Å². The van der Waals surface area contributed by atoms with Crippen LogP contribution in [0.1, 0.15) is 51.3 Å². The second-order valence-corrected chi connectivity index (χ2v) is 8.12. The van der Waals surface area contributed by atoms with Gasteiger partial charge in [0.2, 0.25) is 0 Å². The van der Waals surface area contributed by atoms with Gasteiger partial charge in [-0.3, -0.25) is 4.79 Å². The molecule has 0 amide bonds. The maximum Gasteiger partial charge on any atom is 0.251 e. The summed E-state index contributed by atoms with van der Waals surface area (Å²) in [7, 11) is 0. The Morgan fingerprint density at radius 1 is 0.958 bits per heavy atom. The number of hydrogen-bond donors (Lipinski definition) is 1. The minimum atomic E-state index is -0.407. The lowest BCUT2D eigenvalue weighted by Gasteiger charge is -2.19. The summed E-state index contributed by atoms with van der Waals surface area (Å²) in [5.74, 6) is 0. The number of nitrogens with zero attached hydrogens (tertiary/aromatic N) is 1. The summed E-state index contributed by atoms with van der Waals surface area (Å²) in [6.07, 6.45) is 5.79. The average Bonchev–Trinajstić information content (AvgIpc) is 2.46. The molecular formula is C21H28N2O. The van der Waals surface area contributed by atoms with Crippen molar-refractivity contribution in [1.82, 2.24) is 4.57 Å². The van der Waals surface area contributed by atoms with Gasteiger partial charge in [0.15, 0.2) is 0 Å². The molecule has 0 fully saturated rings. The minimum absolute atomic E-state index is 0.0289. The van der Waals surface area contributed by atoms with Crippen LogP contribution in [-0.4, -0.2) is 10.1 Å². The number of nitrogens with two attached hydrogens (primary N) is 1. The molecule has 1 aromatic heterocycles. The number of hydrogen-bond acceptors (Lipinski definition) is 2. The quantitative estimate of drug-likeness (QED) is 0.922. The van der Waals surface area contributed by atoms with Gasteiger partial charge in [-0.1, -0.05) is 57.2 Å². The summed E-state index contributed by atoms with van der Waals surface area (Å²) in [5.41, 5.74) is 9.03. The molecule has 0 aliphatic rings. The Kier molecular flexibility index (Phi) is 5.14. The van der Waals surface area contributed by atoms with Gasteiger partial charge in [-0.2, -0.15) is 0 Å². The molecule has 0 aliphatic carbocycles. The van der Waals surface area contributed by atoms with Crippen molar-refractivity contribution in [3.8, 4) is 0 Å². The van der Waals surface area contributed by atoms with E-state index in [1.54, 1.807) is 16.8 Å². The van der Waals surface area contributed by atoms with Gasteiger partial charge in [-0.15, -0.1) is 0 Å². The maximum atomic E-state index is 12.2. The van der Waals surface area contributed by atoms with Gasteiger partial charge in [0.05, 0.1) is 0 Å². The molecule has 0 radical (unpaired) electrons. The van der Waals surface area contributed by atoms with Gasteiger partial charge in [-0.05, 0) is 42.0 Å². The number of pyridine rings is 1. The molecule has 3 nitrogen and oxygen atoms in total. The van der Waals surface area contributed by atoms with Crippen LogP contribution in [0.2, 0.25) is 0 Å². The number of benzene rings is 1. The fraction of sp³-hybridized carbons (Fsp3) is 0.381. The van der Waals surface area contributed by atoms with Crippen molar-refractivity contribution >= 4 is 12.2 Å². The maximum absolute atomic E-state index is 12.2. The molecule has 0 aliphatic heterocycles. The van der Waals surface area contributed by atoms with Crippen LogP contribution in [0, 0.1) is 0 Å². The fourth-order valence-electron chi connectivity index (χ4n) is 2.48. The number of aromatic nitrogens is 1. The largest absolute Gasteiger partial charge is 0.324 e. The molecule has 0 unspecified atom stereocenters. The van der Waals surface area contributed by atoms with Crippen molar-refractivity contribution in [2.45, 2.75) is 52.1 Å². The van der Waals surface area contributed by atoms with Crippen LogP contribution in [0.15, 0.2) is 47.4 Å². The van der Waals surface area contributed by atoms with E-state index in [1.165, 1.54) is 5.56 Å². The van der Waals surface area contributed by atoms with Gasteiger partial charge in [0.1, 0.15) is 0 Å². The zero-order valence-electron chi connectivity index (χ0n) is 15.3. The lowest BCUT2D eigenvalue weighted by atomic mass is 9.87. The second kappa shape index (κ2) is 6.78. The van der Waals surface area contributed by atoms with E-state index >= 15 is 0 Å². The summed E-state index contributed by atoms with van der Waals surface area (Å²) < 4.78 is 1.65. The van der Waals surface area contributed by atoms with E-state index in [4.69, 9.17) is 5.73 Å². The third-order valence-corrected chi connectivity index (χ3v) is 3.84. The average molecular weight is 324 g/mol. The summed E-state index contributed by atoms with van der Waals surface area (Å²) in [4.78, 5) is 12.2. The van der Waals surface area contributed by atoms with E-state index in [2.05, 4.69) is 45.0 Å². The van der Waals surface area contributed by atoms with E-state index in [-0.39, 0.29) is 11.0 Å². The predicted octanol–water partition coefficient (Wildman–Crippen LogP) is 4.05. The Morgan fingerprint density at radius 3 is 2.04 bits per heavy atom. The molecule has 0 spiro atoms. The molecule has 1 heterocycles. The highest BCUT2D eigenvalue weighted by Gasteiger charge is 2.13. The molecule has 0 bridgehead atoms. The zero-order chi connectivity index (χ0) is 18.0. The molecule has 2 rings (SSSR count). The first-order chi connectivity index (χ1) is 11.0. The van der Waals surface area contributed by atoms with E-state index in [0.717, 1.165) is 11.1 Å². The Morgan fingerprint density at radius 2 is 1.54 bits per heavy atom. The molecule has 0 atom stereocenters. The monoisotopic (exact) mass is 324 g/mol. The molecule has 24 heavy (non-hydrogen) atoms. The number of rotatable bonds is 4. The Balaban J connectivity index is 2.15. The highest BCUT2D eigenvalue weighted by molar-refractivity contribution is 5.69. The molecule has 1 aromatic carbocycles. The SMILES string of the molecule is CC(C)(N)Cn1ccc(/C=C/c2ccc(C(C)(C)C)cc2)cc1=O. The van der Waals surface area contributed by atoms with Crippen LogP contribution < -0.4 is 11.3 Å². The van der Waals surface area contributed by atoms with Gasteiger partial charge in [-0.25, -0.2) is 0 Å². The van der Waals surface area contributed by atoms with Gasteiger partial charge in [0, 0.05) is 24.3 Å². The van der Waals surface area contributed by atoms with E-state index in [0.29, 0.717) is 6.54 Å². The zero-order valence-corrected chi connectivity index (χ0v) is 15.3. The van der Waals surface area contributed by atoms with Crippen molar-refractivity contribution in [1.29, 1.82) is 0 Å². The third-order valence-electron chi connectivity index (χ3n) is 3.84. The van der Waals surface area contributed by atoms with Crippen molar-refractivity contribution in [2.24, 2.45) is 5.73 Å². The van der Waals surface area contributed by atoms with E-state index < -0.39 is 5.54 Å². The van der Waals surface area contributed by atoms with Gasteiger partial charge < -0.3 is 10.3 Å². The van der Waals surface area contributed by atoms with Crippen molar-refractivity contribution in [3.05, 3.63) is 69.6 Å². The first-order valence-electron chi connectivity index (χ1n) is 8.33. The minimum Gasteiger partial charge on any atom is -0.324 e. The molecule has 3 heteroatoms. The fourth-order valence-corrected chi connectivity index (χ4v) is 2.48. The Bertz CT molecular complexity index is 769. The third kappa shape index (κ3) is 5.20. The molecule has 0 saturated heterocycles. The topological polar surface area (TPSA) is 48.0 Å². The normalized spacial score (nSPS) is 12.8. The molecule has 2 aromatic rings. The van der Waals surface area contributed by atoms with Crippen LogP contribution in [0.5, 0.6) is 0 Å². The van der Waals surface area contributed by atoms with E-state index in [1.807, 2.05) is 32.1 Å². The molecule has 2 N–H and O–H groups in total. The second-order valence-electron chi connectivity index (χ2n) is 8.12. The van der Waals surface area contributed by atoms with Crippen LogP contribution in [0.4, 0.5) is 0 Å². The predicted molar refractivity (Wildman–Crippen MR) is 103 cm³/mol. The van der Waals surface area contributed by atoms with Crippen LogP contribution in [0.25, 0.3) is 12.2 Å². The first kappa shape index (κ1) is 18.2. The standard InChI is InChI=1S/C21H28N2O/c1-20(2,3)18-10-8-16(9-11-18)6-7-17-12-13-23(19(24)14-17)15-21(4,5)22/h6-14H,15,22H2,1-5H3/b7-6+. The highest BCUT2D eigenvalue weighted by atomic mass is 16.1. The van der Waals surface area contributed by atoms with Gasteiger partial charge >= 0.3 is 0 Å². The molecule has 0 saturated carbocycles. The summed E-state index contributed by atoms with van der Waals surface area (Å²) >= 11 is 0. The summed E-state index contributed by atoms with van der Waals surface area (Å²) in [5, 5.41) is 0.